The highest BCUT2D eigenvalue weighted by molar-refractivity contribution is 4.85. The number of hydrogen-bond donors (Lipinski definition) is 0. The molecule has 0 N–H and O–H groups in total. The Labute approximate surface area is 77.5 Å². The van der Waals surface area contributed by atoms with E-state index in [-0.39, 0.29) is 7.43 Å². The Morgan fingerprint density at radius 2 is 1.67 bits per heavy atom. The standard InChI is InChI=1S/C10H20O.CH4/c1-7-6-10(4,5)8(2)9(3)11-7;/h7-9H,6H2,1-5H3;1H4. The molecule has 1 rings (SSSR count). The molecule has 12 heavy (non-hydrogen) atoms. The van der Waals surface area contributed by atoms with E-state index in [1.54, 1.807) is 0 Å². The molecule has 1 saturated heterocycles. The van der Waals surface area contributed by atoms with E-state index in [0.717, 1.165) is 0 Å². The largest absolute Gasteiger partial charge is 0.375 e. The quantitative estimate of drug-likeness (QED) is 0.543. The molecule has 0 saturated carbocycles. The minimum atomic E-state index is 0. The molecular weight excluding hydrogens is 148 g/mol. The fourth-order valence-electron chi connectivity index (χ4n) is 2.09. The van der Waals surface area contributed by atoms with E-state index in [4.69, 9.17) is 4.74 Å². The zero-order valence-corrected chi connectivity index (χ0v) is 8.35. The highest BCUT2D eigenvalue weighted by atomic mass is 16.5. The molecule has 3 atom stereocenters. The summed E-state index contributed by atoms with van der Waals surface area (Å²) < 4.78 is 5.73. The predicted octanol–water partition coefficient (Wildman–Crippen LogP) is 3.48. The molecule has 1 aliphatic rings. The van der Waals surface area contributed by atoms with Crippen LogP contribution in [0.25, 0.3) is 0 Å². The molecule has 0 radical (unpaired) electrons. The molecule has 0 aromatic heterocycles. The Kier molecular flexibility index (Phi) is 3.77. The van der Waals surface area contributed by atoms with E-state index in [1.807, 2.05) is 0 Å². The maximum Gasteiger partial charge on any atom is 0.0581 e. The van der Waals surface area contributed by atoms with Crippen LogP contribution >= 0.6 is 0 Å². The van der Waals surface area contributed by atoms with Gasteiger partial charge in [-0.2, -0.15) is 0 Å². The first-order valence-electron chi connectivity index (χ1n) is 4.59. The molecule has 1 fully saturated rings. The lowest BCUT2D eigenvalue weighted by Gasteiger charge is -2.43. The first kappa shape index (κ1) is 12.0. The zero-order valence-electron chi connectivity index (χ0n) is 8.35. The topological polar surface area (TPSA) is 9.23 Å². The van der Waals surface area contributed by atoms with Crippen LogP contribution in [0.3, 0.4) is 0 Å². The van der Waals surface area contributed by atoms with Gasteiger partial charge in [-0.25, -0.2) is 0 Å². The molecular formula is C11H24O. The zero-order chi connectivity index (χ0) is 8.65. The molecule has 0 aromatic rings. The first-order valence-corrected chi connectivity index (χ1v) is 4.59. The summed E-state index contributed by atoms with van der Waals surface area (Å²) in [4.78, 5) is 0. The summed E-state index contributed by atoms with van der Waals surface area (Å²) in [6.45, 7) is 11.3. The smallest absolute Gasteiger partial charge is 0.0581 e. The van der Waals surface area contributed by atoms with Crippen LogP contribution in [0.5, 0.6) is 0 Å². The summed E-state index contributed by atoms with van der Waals surface area (Å²) in [5, 5.41) is 0. The van der Waals surface area contributed by atoms with Crippen molar-refractivity contribution in [2.45, 2.75) is 60.7 Å². The lowest BCUT2D eigenvalue weighted by Crippen LogP contribution is -2.42. The number of rotatable bonds is 0. The van der Waals surface area contributed by atoms with Gasteiger partial charge in [-0.1, -0.05) is 28.2 Å². The molecule has 0 bridgehead atoms. The third-order valence-electron chi connectivity index (χ3n) is 3.20. The Hall–Kier alpha value is -0.0400. The Morgan fingerprint density at radius 1 is 1.17 bits per heavy atom. The monoisotopic (exact) mass is 172 g/mol. The van der Waals surface area contributed by atoms with Crippen LogP contribution < -0.4 is 0 Å². The third-order valence-corrected chi connectivity index (χ3v) is 3.20. The van der Waals surface area contributed by atoms with Crippen LogP contribution in [0.15, 0.2) is 0 Å². The minimum absolute atomic E-state index is 0. The van der Waals surface area contributed by atoms with Crippen LogP contribution in [-0.4, -0.2) is 12.2 Å². The lowest BCUT2D eigenvalue weighted by molar-refractivity contribution is -0.115. The first-order chi connectivity index (χ1) is 4.93. The Morgan fingerprint density at radius 3 is 2.08 bits per heavy atom. The second-order valence-electron chi connectivity index (χ2n) is 4.63. The second kappa shape index (κ2) is 3.78. The lowest BCUT2D eigenvalue weighted by atomic mass is 9.71. The SMILES string of the molecule is C.CC1CC(C)(C)C(C)C(C)O1. The molecule has 3 unspecified atom stereocenters. The molecule has 1 heteroatoms. The fourth-order valence-corrected chi connectivity index (χ4v) is 2.09. The molecule has 74 valence electrons. The van der Waals surface area contributed by atoms with Gasteiger partial charge in [-0.05, 0) is 31.6 Å². The van der Waals surface area contributed by atoms with Gasteiger partial charge in [-0.15, -0.1) is 0 Å². The van der Waals surface area contributed by atoms with E-state index < -0.39 is 0 Å². The molecule has 1 heterocycles. The highest BCUT2D eigenvalue weighted by Crippen LogP contribution is 2.40. The van der Waals surface area contributed by atoms with Gasteiger partial charge in [0.05, 0.1) is 12.2 Å². The molecule has 0 aliphatic carbocycles. The van der Waals surface area contributed by atoms with Gasteiger partial charge in [0.2, 0.25) is 0 Å². The molecule has 0 spiro atoms. The van der Waals surface area contributed by atoms with Crippen LogP contribution in [0.1, 0.15) is 48.5 Å². The predicted molar refractivity (Wildman–Crippen MR) is 54.3 cm³/mol. The van der Waals surface area contributed by atoms with Crippen molar-refractivity contribution in [3.63, 3.8) is 0 Å². The fraction of sp³-hybridized carbons (Fsp3) is 1.00. The normalized spacial score (nSPS) is 40.2. The molecule has 0 amide bonds. The van der Waals surface area contributed by atoms with E-state index in [1.165, 1.54) is 6.42 Å². The average molecular weight is 172 g/mol. The van der Waals surface area contributed by atoms with Crippen molar-refractivity contribution in [1.29, 1.82) is 0 Å². The van der Waals surface area contributed by atoms with Gasteiger partial charge >= 0.3 is 0 Å². The molecule has 0 aromatic carbocycles. The van der Waals surface area contributed by atoms with Gasteiger partial charge in [0, 0.05) is 0 Å². The van der Waals surface area contributed by atoms with Crippen molar-refractivity contribution < 1.29 is 4.74 Å². The van der Waals surface area contributed by atoms with Crippen molar-refractivity contribution in [2.75, 3.05) is 0 Å². The van der Waals surface area contributed by atoms with Crippen molar-refractivity contribution >= 4 is 0 Å². The summed E-state index contributed by atoms with van der Waals surface area (Å²) >= 11 is 0. The Balaban J connectivity index is 0.00000121. The summed E-state index contributed by atoms with van der Waals surface area (Å²) in [5.74, 6) is 0.679. The van der Waals surface area contributed by atoms with Gasteiger partial charge in [-0.3, -0.25) is 0 Å². The second-order valence-corrected chi connectivity index (χ2v) is 4.63. The van der Waals surface area contributed by atoms with E-state index in [2.05, 4.69) is 34.6 Å². The maximum absolute atomic E-state index is 5.73. The van der Waals surface area contributed by atoms with Crippen LogP contribution in [0, 0.1) is 11.3 Å². The third kappa shape index (κ3) is 2.22. The average Bonchev–Trinajstić information content (AvgIpc) is 1.81. The van der Waals surface area contributed by atoms with Crippen LogP contribution in [0.4, 0.5) is 0 Å². The van der Waals surface area contributed by atoms with Gasteiger partial charge in [0.1, 0.15) is 0 Å². The van der Waals surface area contributed by atoms with E-state index >= 15 is 0 Å². The van der Waals surface area contributed by atoms with Crippen LogP contribution in [-0.2, 0) is 4.74 Å². The van der Waals surface area contributed by atoms with Crippen LogP contribution in [0.2, 0.25) is 0 Å². The molecule has 1 aliphatic heterocycles. The van der Waals surface area contributed by atoms with E-state index in [9.17, 15) is 0 Å². The summed E-state index contributed by atoms with van der Waals surface area (Å²) in [5.41, 5.74) is 0.455. The number of ether oxygens (including phenoxy) is 1. The summed E-state index contributed by atoms with van der Waals surface area (Å²) in [6.07, 6.45) is 2.06. The Bertz CT molecular complexity index is 140. The molecule has 1 nitrogen and oxygen atoms in total. The van der Waals surface area contributed by atoms with Crippen molar-refractivity contribution in [1.82, 2.24) is 0 Å². The maximum atomic E-state index is 5.73. The van der Waals surface area contributed by atoms with Gasteiger partial charge in [0.25, 0.3) is 0 Å². The van der Waals surface area contributed by atoms with Gasteiger partial charge in [0.15, 0.2) is 0 Å². The van der Waals surface area contributed by atoms with Crippen molar-refractivity contribution in [3.8, 4) is 0 Å². The minimum Gasteiger partial charge on any atom is -0.375 e. The van der Waals surface area contributed by atoms with Crippen molar-refractivity contribution in [3.05, 3.63) is 0 Å². The summed E-state index contributed by atoms with van der Waals surface area (Å²) in [7, 11) is 0. The highest BCUT2D eigenvalue weighted by Gasteiger charge is 2.37. The number of hydrogen-bond acceptors (Lipinski definition) is 1. The van der Waals surface area contributed by atoms with Gasteiger partial charge < -0.3 is 4.74 Å². The summed E-state index contributed by atoms with van der Waals surface area (Å²) in [6, 6.07) is 0. The van der Waals surface area contributed by atoms with Crippen molar-refractivity contribution in [2.24, 2.45) is 11.3 Å². The van der Waals surface area contributed by atoms with E-state index in [0.29, 0.717) is 23.5 Å².